The summed E-state index contributed by atoms with van der Waals surface area (Å²) in [5, 5.41) is 15.5. The number of nitrogens with one attached hydrogen (secondary N) is 1. The fourth-order valence-corrected chi connectivity index (χ4v) is 6.77. The van der Waals surface area contributed by atoms with Crippen LogP contribution in [0.3, 0.4) is 0 Å². The molecule has 1 saturated heterocycles. The average molecular weight is 619 g/mol. The van der Waals surface area contributed by atoms with Crippen molar-refractivity contribution in [2.24, 2.45) is 0 Å². The number of nitrogens with zero attached hydrogens (tertiary/aromatic N) is 2. The number of benzene rings is 4. The number of phenols is 1. The van der Waals surface area contributed by atoms with Gasteiger partial charge in [-0.1, -0.05) is 72.4 Å². The first-order valence-corrected chi connectivity index (χ1v) is 15.6. The summed E-state index contributed by atoms with van der Waals surface area (Å²) in [7, 11) is 0. The number of hydrogen-bond acceptors (Lipinski definition) is 4. The number of halogens is 3. The van der Waals surface area contributed by atoms with Crippen LogP contribution in [-0.2, 0) is 0 Å². The summed E-state index contributed by atoms with van der Waals surface area (Å²) in [6.07, 6.45) is 4.30. The molecule has 8 heteroatoms. The van der Waals surface area contributed by atoms with Gasteiger partial charge < -0.3 is 15.3 Å². The van der Waals surface area contributed by atoms with E-state index in [0.717, 1.165) is 48.1 Å². The van der Waals surface area contributed by atoms with Crippen molar-refractivity contribution in [2.45, 2.75) is 37.8 Å². The summed E-state index contributed by atoms with van der Waals surface area (Å²) in [6, 6.07) is 25.1. The molecule has 1 amide bonds. The highest BCUT2D eigenvalue weighted by Crippen LogP contribution is 2.39. The molecule has 1 heterocycles. The van der Waals surface area contributed by atoms with E-state index in [1.807, 2.05) is 48.5 Å². The molecular weight excluding hydrogens is 584 g/mol. The maximum Gasteiger partial charge on any atom is 0.251 e. The zero-order chi connectivity index (χ0) is 29.9. The molecule has 0 spiro atoms. The van der Waals surface area contributed by atoms with Crippen LogP contribution in [0, 0.1) is 5.82 Å². The van der Waals surface area contributed by atoms with Gasteiger partial charge in [-0.3, -0.25) is 9.69 Å². The molecule has 1 aliphatic heterocycles. The maximum absolute atomic E-state index is 14.1. The first-order chi connectivity index (χ1) is 20.9. The number of hydrogen-bond donors (Lipinski definition) is 2. The molecule has 5 nitrogen and oxygen atoms in total. The Balaban J connectivity index is 1.35. The summed E-state index contributed by atoms with van der Waals surface area (Å²) in [4.78, 5) is 17.8. The van der Waals surface area contributed by atoms with E-state index in [0.29, 0.717) is 47.4 Å². The quantitative estimate of drug-likeness (QED) is 0.220. The molecule has 1 unspecified atom stereocenters. The maximum atomic E-state index is 14.1. The van der Waals surface area contributed by atoms with Gasteiger partial charge in [0.25, 0.3) is 5.91 Å². The van der Waals surface area contributed by atoms with E-state index in [9.17, 15) is 14.3 Å². The Kier molecular flexibility index (Phi) is 8.89. The minimum absolute atomic E-state index is 0.0781. The number of aromatic hydroxyl groups is 1. The van der Waals surface area contributed by atoms with E-state index in [2.05, 4.69) is 15.1 Å². The van der Waals surface area contributed by atoms with Crippen molar-refractivity contribution < 1.29 is 14.3 Å². The van der Waals surface area contributed by atoms with Crippen LogP contribution in [0.2, 0.25) is 10.0 Å². The van der Waals surface area contributed by atoms with Crippen LogP contribution in [0.1, 0.15) is 53.2 Å². The van der Waals surface area contributed by atoms with Crippen molar-refractivity contribution in [3.8, 4) is 16.9 Å². The third kappa shape index (κ3) is 6.52. The van der Waals surface area contributed by atoms with Crippen molar-refractivity contribution in [3.05, 3.63) is 117 Å². The summed E-state index contributed by atoms with van der Waals surface area (Å²) in [5.41, 5.74) is 4.62. The molecule has 1 saturated carbocycles. The Labute approximate surface area is 261 Å². The van der Waals surface area contributed by atoms with Gasteiger partial charge in [0.15, 0.2) is 0 Å². The van der Waals surface area contributed by atoms with Crippen molar-refractivity contribution in [3.63, 3.8) is 0 Å². The average Bonchev–Trinajstić information content (AvgIpc) is 3.53. The van der Waals surface area contributed by atoms with Crippen LogP contribution in [0.15, 0.2) is 84.9 Å². The standard InChI is InChI=1S/C35H34Cl2FN3O2/c36-30-12-5-13-31(33(30)37)40-16-18-41(19-17-40)34(25-7-3-8-26(20-25)35(43)39-28-10-1-2-11-28)29-22-24(14-15-32(29)42)23-6-4-9-27(38)21-23/h3-9,12-15,20-22,28,34,42H,1-2,10-11,16-19H2,(H,39,43). The monoisotopic (exact) mass is 617 g/mol. The first kappa shape index (κ1) is 29.5. The van der Waals surface area contributed by atoms with Gasteiger partial charge in [-0.25, -0.2) is 4.39 Å². The second-order valence-corrected chi connectivity index (χ2v) is 12.1. The number of phenolic OH excluding ortho intramolecular Hbond substituents is 1. The van der Waals surface area contributed by atoms with E-state index in [4.69, 9.17) is 23.2 Å². The lowest BCUT2D eigenvalue weighted by molar-refractivity contribution is 0.0937. The molecule has 0 bridgehead atoms. The highest BCUT2D eigenvalue weighted by Gasteiger charge is 2.30. The van der Waals surface area contributed by atoms with Gasteiger partial charge in [0.2, 0.25) is 0 Å². The molecule has 1 atom stereocenters. The fourth-order valence-electron chi connectivity index (χ4n) is 6.35. The van der Waals surface area contributed by atoms with Crippen LogP contribution in [0.4, 0.5) is 10.1 Å². The number of anilines is 1. The Bertz CT molecular complexity index is 1620. The van der Waals surface area contributed by atoms with Crippen molar-refractivity contribution in [1.29, 1.82) is 0 Å². The lowest BCUT2D eigenvalue weighted by atomic mass is 9.91. The molecule has 2 fully saturated rings. The number of amides is 1. The van der Waals surface area contributed by atoms with Crippen LogP contribution in [-0.4, -0.2) is 48.1 Å². The molecule has 43 heavy (non-hydrogen) atoms. The molecule has 1 aliphatic carbocycles. The summed E-state index contributed by atoms with van der Waals surface area (Å²) in [5.74, 6) is -0.252. The zero-order valence-electron chi connectivity index (χ0n) is 23.8. The summed E-state index contributed by atoms with van der Waals surface area (Å²) >= 11 is 12.9. The Hall–Kier alpha value is -3.58. The lowest BCUT2D eigenvalue weighted by Crippen LogP contribution is -2.48. The second kappa shape index (κ2) is 13.0. The minimum atomic E-state index is -0.343. The number of rotatable bonds is 7. The number of piperazine rings is 1. The summed E-state index contributed by atoms with van der Waals surface area (Å²) < 4.78 is 14.1. The van der Waals surface area contributed by atoms with Crippen molar-refractivity contribution in [1.82, 2.24) is 10.2 Å². The smallest absolute Gasteiger partial charge is 0.251 e. The van der Waals surface area contributed by atoms with E-state index >= 15 is 0 Å². The fraction of sp³-hybridized carbons (Fsp3) is 0.286. The summed E-state index contributed by atoms with van der Waals surface area (Å²) in [6.45, 7) is 2.75. The highest BCUT2D eigenvalue weighted by molar-refractivity contribution is 6.43. The van der Waals surface area contributed by atoms with Gasteiger partial charge in [-0.05, 0) is 78.1 Å². The molecule has 0 aromatic heterocycles. The molecule has 0 radical (unpaired) electrons. The molecule has 4 aromatic rings. The Morgan fingerprint density at radius 3 is 2.35 bits per heavy atom. The van der Waals surface area contributed by atoms with Crippen molar-refractivity contribution >= 4 is 34.8 Å². The Morgan fingerprint density at radius 1 is 0.860 bits per heavy atom. The molecule has 222 valence electrons. The molecule has 4 aromatic carbocycles. The van der Waals surface area contributed by atoms with Crippen LogP contribution < -0.4 is 10.2 Å². The number of carbonyl (C=O) groups is 1. The van der Waals surface area contributed by atoms with Gasteiger partial charge in [0, 0.05) is 43.3 Å². The van der Waals surface area contributed by atoms with Crippen LogP contribution >= 0.6 is 23.2 Å². The zero-order valence-corrected chi connectivity index (χ0v) is 25.3. The lowest BCUT2D eigenvalue weighted by Gasteiger charge is -2.41. The third-order valence-electron chi connectivity index (χ3n) is 8.59. The molecule has 6 rings (SSSR count). The Morgan fingerprint density at radius 2 is 1.58 bits per heavy atom. The van der Waals surface area contributed by atoms with Gasteiger partial charge >= 0.3 is 0 Å². The SMILES string of the molecule is O=C(NC1CCCC1)c1cccc(C(c2cc(-c3cccc(F)c3)ccc2O)N2CCN(c3cccc(Cl)c3Cl)CC2)c1. The predicted molar refractivity (Wildman–Crippen MR) is 172 cm³/mol. The van der Waals surface area contributed by atoms with Crippen LogP contribution in [0.25, 0.3) is 11.1 Å². The van der Waals surface area contributed by atoms with Gasteiger partial charge in [0.05, 0.1) is 21.8 Å². The predicted octanol–water partition coefficient (Wildman–Crippen LogP) is 8.09. The number of carbonyl (C=O) groups excluding carboxylic acids is 1. The van der Waals surface area contributed by atoms with E-state index in [-0.39, 0.29) is 29.6 Å². The van der Waals surface area contributed by atoms with E-state index in [1.54, 1.807) is 24.3 Å². The topological polar surface area (TPSA) is 55.8 Å². The largest absolute Gasteiger partial charge is 0.508 e. The molecular formula is C35H34Cl2FN3O2. The van der Waals surface area contributed by atoms with Gasteiger partial charge in [-0.2, -0.15) is 0 Å². The second-order valence-electron chi connectivity index (χ2n) is 11.4. The van der Waals surface area contributed by atoms with Crippen molar-refractivity contribution in [2.75, 3.05) is 31.1 Å². The van der Waals surface area contributed by atoms with E-state index in [1.165, 1.54) is 12.1 Å². The molecule has 2 N–H and O–H groups in total. The minimum Gasteiger partial charge on any atom is -0.508 e. The van der Waals surface area contributed by atoms with Crippen LogP contribution in [0.5, 0.6) is 5.75 Å². The third-order valence-corrected chi connectivity index (χ3v) is 9.40. The normalized spacial score (nSPS) is 16.8. The molecule has 2 aliphatic rings. The first-order valence-electron chi connectivity index (χ1n) is 14.8. The highest BCUT2D eigenvalue weighted by atomic mass is 35.5. The van der Waals surface area contributed by atoms with Gasteiger partial charge in [0.1, 0.15) is 11.6 Å². The van der Waals surface area contributed by atoms with Gasteiger partial charge in [-0.15, -0.1) is 0 Å². The van der Waals surface area contributed by atoms with E-state index < -0.39 is 0 Å².